The molecule has 1 unspecified atom stereocenters. The number of amides is 1. The number of nitrogens with zero attached hydrogens (tertiary/aromatic N) is 3. The smallest absolute Gasteiger partial charge is 0.351 e. The molecule has 1 aromatic heterocycles. The largest absolute Gasteiger partial charge is 0.416 e. The molecule has 3 aromatic rings. The highest BCUT2D eigenvalue weighted by molar-refractivity contribution is 5.94. The van der Waals surface area contributed by atoms with E-state index < -0.39 is 17.6 Å². The molecule has 0 fully saturated rings. The summed E-state index contributed by atoms with van der Waals surface area (Å²) >= 11 is 0. The van der Waals surface area contributed by atoms with Crippen molar-refractivity contribution in [2.75, 3.05) is 17.7 Å². The topological polar surface area (TPSA) is 83.3 Å². The third-order valence-corrected chi connectivity index (χ3v) is 6.02. The monoisotopic (exact) mass is 484 g/mol. The number of anilines is 2. The molecule has 1 amide bonds. The maximum absolute atomic E-state index is 13.1. The van der Waals surface area contributed by atoms with Crippen LogP contribution in [0.4, 0.5) is 24.7 Å². The van der Waals surface area contributed by atoms with Crippen LogP contribution >= 0.6 is 0 Å². The number of alkyl halides is 3. The number of aryl methyl sites for hydroxylation is 3. The van der Waals surface area contributed by atoms with Gasteiger partial charge < -0.3 is 10.6 Å². The number of carbonyl (C=O) groups excluding carboxylic acids is 1. The van der Waals surface area contributed by atoms with Crippen molar-refractivity contribution in [1.29, 1.82) is 0 Å². The summed E-state index contributed by atoms with van der Waals surface area (Å²) < 4.78 is 40.8. The Labute approximate surface area is 201 Å². The fraction of sp³-hybridized carbons (Fsp3) is 0.320. The molecule has 0 spiro atoms. The fourth-order valence-electron chi connectivity index (χ4n) is 4.10. The minimum atomic E-state index is -4.46. The quantitative estimate of drug-likeness (QED) is 0.481. The zero-order chi connectivity index (χ0) is 25.3. The van der Waals surface area contributed by atoms with Crippen LogP contribution in [0.3, 0.4) is 0 Å². The summed E-state index contributed by atoms with van der Waals surface area (Å²) in [5, 5.41) is 13.6. The summed E-state index contributed by atoms with van der Waals surface area (Å²) in [6.07, 6.45) is -2.19. The molecule has 0 saturated carbocycles. The second-order valence-electron chi connectivity index (χ2n) is 8.47. The first-order chi connectivity index (χ1) is 16.6. The SMILES string of the molecule is CCc1cc(-c2cc(NC(=O)Cc3cc(C(F)(F)F)ccc3C)nn2C)cc2c1NC(NC)N=C2. The van der Waals surface area contributed by atoms with Crippen LogP contribution in [0.25, 0.3) is 11.3 Å². The van der Waals surface area contributed by atoms with Crippen molar-refractivity contribution in [3.8, 4) is 11.3 Å². The molecule has 2 heterocycles. The lowest BCUT2D eigenvalue weighted by Crippen LogP contribution is -2.34. The maximum atomic E-state index is 13.1. The molecular formula is C25H27F3N6O. The molecule has 1 aliphatic rings. The van der Waals surface area contributed by atoms with Crippen molar-refractivity contribution in [1.82, 2.24) is 15.1 Å². The lowest BCUT2D eigenvalue weighted by atomic mass is 9.98. The van der Waals surface area contributed by atoms with Crippen LogP contribution in [0.5, 0.6) is 0 Å². The van der Waals surface area contributed by atoms with E-state index >= 15 is 0 Å². The van der Waals surface area contributed by atoms with Crippen LogP contribution in [0.2, 0.25) is 0 Å². The standard InChI is InChI=1S/C25H27F3N6O/c1-5-15-8-17(9-18-13-30-24(29-3)32-23(15)18)20-12-21(33-34(20)4)31-22(35)11-16-10-19(25(26,27)28)7-6-14(16)2/h6-10,12-13,24,29,32H,5,11H2,1-4H3,(H,31,33,35). The van der Waals surface area contributed by atoms with Crippen LogP contribution < -0.4 is 16.0 Å². The van der Waals surface area contributed by atoms with Crippen molar-refractivity contribution in [3.63, 3.8) is 0 Å². The maximum Gasteiger partial charge on any atom is 0.416 e. The van der Waals surface area contributed by atoms with Crippen LogP contribution in [0.1, 0.15) is 34.7 Å². The van der Waals surface area contributed by atoms with Crippen LogP contribution in [-0.4, -0.2) is 35.2 Å². The summed E-state index contributed by atoms with van der Waals surface area (Å²) in [5.74, 6) is -0.110. The van der Waals surface area contributed by atoms with Gasteiger partial charge in [-0.15, -0.1) is 0 Å². The Morgan fingerprint density at radius 2 is 1.94 bits per heavy atom. The molecule has 0 saturated heterocycles. The van der Waals surface area contributed by atoms with E-state index in [0.717, 1.165) is 46.6 Å². The molecule has 10 heteroatoms. The zero-order valence-corrected chi connectivity index (χ0v) is 19.9. The van der Waals surface area contributed by atoms with Crippen molar-refractivity contribution < 1.29 is 18.0 Å². The number of hydrogen-bond acceptors (Lipinski definition) is 5. The van der Waals surface area contributed by atoms with E-state index in [1.807, 2.05) is 19.3 Å². The van der Waals surface area contributed by atoms with Gasteiger partial charge in [0.05, 0.1) is 17.7 Å². The van der Waals surface area contributed by atoms with Crippen molar-refractivity contribution in [2.24, 2.45) is 12.0 Å². The van der Waals surface area contributed by atoms with E-state index in [1.54, 1.807) is 24.7 Å². The van der Waals surface area contributed by atoms with Gasteiger partial charge in [-0.1, -0.05) is 13.0 Å². The number of carbonyl (C=O) groups is 1. The molecule has 1 aliphatic heterocycles. The van der Waals surface area contributed by atoms with Gasteiger partial charge in [0.15, 0.2) is 12.1 Å². The van der Waals surface area contributed by atoms with Gasteiger partial charge >= 0.3 is 6.18 Å². The first-order valence-electron chi connectivity index (χ1n) is 11.2. The summed E-state index contributed by atoms with van der Waals surface area (Å²) in [6.45, 7) is 3.76. The van der Waals surface area contributed by atoms with Gasteiger partial charge in [-0.2, -0.15) is 18.3 Å². The highest BCUT2D eigenvalue weighted by Gasteiger charge is 2.31. The lowest BCUT2D eigenvalue weighted by Gasteiger charge is -2.24. The minimum Gasteiger partial charge on any atom is -0.351 e. The first kappa shape index (κ1) is 24.5. The summed E-state index contributed by atoms with van der Waals surface area (Å²) in [6, 6.07) is 9.25. The minimum absolute atomic E-state index is 0.183. The van der Waals surface area contributed by atoms with Crippen LogP contribution in [0.15, 0.2) is 41.4 Å². The number of fused-ring (bicyclic) bond motifs is 1. The van der Waals surface area contributed by atoms with E-state index in [4.69, 9.17) is 0 Å². The van der Waals surface area contributed by atoms with Crippen molar-refractivity contribution in [3.05, 3.63) is 64.2 Å². The zero-order valence-electron chi connectivity index (χ0n) is 19.9. The second kappa shape index (κ2) is 9.53. The van der Waals surface area contributed by atoms with Gasteiger partial charge in [0.2, 0.25) is 5.91 Å². The Kier molecular flexibility index (Phi) is 6.66. The fourth-order valence-corrected chi connectivity index (χ4v) is 4.10. The molecule has 1 atom stereocenters. The molecule has 4 rings (SSSR count). The summed E-state index contributed by atoms with van der Waals surface area (Å²) in [4.78, 5) is 17.1. The molecule has 3 N–H and O–H groups in total. The van der Waals surface area contributed by atoms with Gasteiger partial charge in [-0.25, -0.2) is 0 Å². The lowest BCUT2D eigenvalue weighted by molar-refractivity contribution is -0.137. The Morgan fingerprint density at radius 1 is 1.17 bits per heavy atom. The van der Waals surface area contributed by atoms with Gasteiger partial charge in [0.25, 0.3) is 0 Å². The molecule has 35 heavy (non-hydrogen) atoms. The summed E-state index contributed by atoms with van der Waals surface area (Å²) in [5.41, 5.74) is 4.97. The van der Waals surface area contributed by atoms with Crippen molar-refractivity contribution >= 4 is 23.6 Å². The molecular weight excluding hydrogens is 457 g/mol. The number of nitrogens with one attached hydrogen (secondary N) is 3. The summed E-state index contributed by atoms with van der Waals surface area (Å²) in [7, 11) is 3.61. The van der Waals surface area contributed by atoms with Gasteiger partial charge in [-0.3, -0.25) is 19.8 Å². The number of aromatic nitrogens is 2. The van der Waals surface area contributed by atoms with Crippen LogP contribution in [-0.2, 0) is 30.9 Å². The Bertz CT molecular complexity index is 1300. The number of halogens is 3. The average molecular weight is 485 g/mol. The normalized spacial score (nSPS) is 15.0. The Balaban J connectivity index is 1.56. The Morgan fingerprint density at radius 3 is 2.63 bits per heavy atom. The van der Waals surface area contributed by atoms with E-state index in [1.165, 1.54) is 6.07 Å². The predicted molar refractivity (Wildman–Crippen MR) is 131 cm³/mol. The predicted octanol–water partition coefficient (Wildman–Crippen LogP) is 4.51. The van der Waals surface area contributed by atoms with E-state index in [-0.39, 0.29) is 12.7 Å². The van der Waals surface area contributed by atoms with E-state index in [0.29, 0.717) is 16.9 Å². The number of hydrogen-bond donors (Lipinski definition) is 3. The number of rotatable bonds is 6. The third kappa shape index (κ3) is 5.22. The average Bonchev–Trinajstić information content (AvgIpc) is 3.18. The molecule has 0 radical (unpaired) electrons. The molecule has 7 nitrogen and oxygen atoms in total. The van der Waals surface area contributed by atoms with E-state index in [2.05, 4.69) is 39.0 Å². The second-order valence-corrected chi connectivity index (χ2v) is 8.47. The van der Waals surface area contributed by atoms with Gasteiger partial charge in [0, 0.05) is 36.1 Å². The molecule has 184 valence electrons. The number of benzene rings is 2. The van der Waals surface area contributed by atoms with E-state index in [9.17, 15) is 18.0 Å². The Hall–Kier alpha value is -3.66. The molecule has 0 aliphatic carbocycles. The van der Waals surface area contributed by atoms with Gasteiger partial charge in [0.1, 0.15) is 0 Å². The third-order valence-electron chi connectivity index (χ3n) is 6.02. The molecule has 0 bridgehead atoms. The highest BCUT2D eigenvalue weighted by atomic mass is 19.4. The highest BCUT2D eigenvalue weighted by Crippen LogP contribution is 2.33. The molecule has 2 aromatic carbocycles. The van der Waals surface area contributed by atoms with Crippen LogP contribution in [0, 0.1) is 6.92 Å². The number of aliphatic imine (C=N–C) groups is 1. The first-order valence-corrected chi connectivity index (χ1v) is 11.2. The van der Waals surface area contributed by atoms with Crippen molar-refractivity contribution in [2.45, 2.75) is 39.2 Å². The van der Waals surface area contributed by atoms with Gasteiger partial charge in [-0.05, 0) is 61.3 Å².